The van der Waals surface area contributed by atoms with E-state index in [0.717, 1.165) is 16.6 Å². The van der Waals surface area contributed by atoms with Gasteiger partial charge in [0.05, 0.1) is 28.6 Å². The van der Waals surface area contributed by atoms with E-state index in [2.05, 4.69) is 15.4 Å². The molecule has 6 nitrogen and oxygen atoms in total. The summed E-state index contributed by atoms with van der Waals surface area (Å²) in [5, 5.41) is 8.33. The van der Waals surface area contributed by atoms with Crippen LogP contribution < -0.4 is 5.32 Å². The Bertz CT molecular complexity index is 1150. The normalized spacial score (nSPS) is 11.7. The Morgan fingerprint density at radius 3 is 2.61 bits per heavy atom. The third kappa shape index (κ3) is 3.29. The van der Waals surface area contributed by atoms with Gasteiger partial charge >= 0.3 is 0 Å². The maximum absolute atomic E-state index is 13.2. The monoisotopic (exact) mass is 374 g/mol. The van der Waals surface area contributed by atoms with Crippen LogP contribution in [0.4, 0.5) is 5.82 Å². The third-order valence-corrected chi connectivity index (χ3v) is 4.44. The zero-order valence-electron chi connectivity index (χ0n) is 16.4. The van der Waals surface area contributed by atoms with Crippen LogP contribution in [0.2, 0.25) is 0 Å². The molecule has 1 amide bonds. The van der Waals surface area contributed by atoms with Crippen LogP contribution in [0.25, 0.3) is 22.4 Å². The highest BCUT2D eigenvalue weighted by atomic mass is 16.3. The van der Waals surface area contributed by atoms with E-state index >= 15 is 0 Å². The summed E-state index contributed by atoms with van der Waals surface area (Å²) in [5.41, 5.74) is 2.49. The number of aryl methyl sites for hydroxylation is 1. The first-order chi connectivity index (χ1) is 13.3. The first kappa shape index (κ1) is 18.0. The molecule has 0 saturated heterocycles. The number of nitrogens with zero attached hydrogens (tertiary/aromatic N) is 3. The highest BCUT2D eigenvalue weighted by Crippen LogP contribution is 2.27. The number of anilines is 1. The van der Waals surface area contributed by atoms with Crippen LogP contribution in [0.1, 0.15) is 36.8 Å². The summed E-state index contributed by atoms with van der Waals surface area (Å²) < 4.78 is 7.31. The Hall–Kier alpha value is -3.41. The molecule has 3 heterocycles. The average Bonchev–Trinajstić information content (AvgIpc) is 3.30. The molecule has 0 spiro atoms. The minimum Gasteiger partial charge on any atom is -0.463 e. The Morgan fingerprint density at radius 1 is 1.11 bits per heavy atom. The molecule has 0 aliphatic heterocycles. The highest BCUT2D eigenvalue weighted by molar-refractivity contribution is 6.12. The topological polar surface area (TPSA) is 73.0 Å². The van der Waals surface area contributed by atoms with Crippen molar-refractivity contribution in [2.24, 2.45) is 0 Å². The highest BCUT2D eigenvalue weighted by Gasteiger charge is 2.22. The van der Waals surface area contributed by atoms with Crippen LogP contribution in [0.5, 0.6) is 0 Å². The van der Waals surface area contributed by atoms with Gasteiger partial charge in [0.15, 0.2) is 5.76 Å². The van der Waals surface area contributed by atoms with Crippen molar-refractivity contribution in [1.82, 2.24) is 14.8 Å². The summed E-state index contributed by atoms with van der Waals surface area (Å²) in [6, 6.07) is 14.9. The molecular formula is C22H22N4O2. The molecule has 142 valence electrons. The number of pyridine rings is 1. The second-order valence-corrected chi connectivity index (χ2v) is 7.76. The molecule has 0 radical (unpaired) electrons. The summed E-state index contributed by atoms with van der Waals surface area (Å²) in [4.78, 5) is 17.9. The van der Waals surface area contributed by atoms with Gasteiger partial charge in [0.25, 0.3) is 5.91 Å². The van der Waals surface area contributed by atoms with E-state index in [0.29, 0.717) is 22.8 Å². The first-order valence-electron chi connectivity index (χ1n) is 9.15. The molecule has 1 aromatic carbocycles. The molecule has 0 atom stereocenters. The fourth-order valence-electron chi connectivity index (χ4n) is 3.20. The molecule has 1 N–H and O–H groups in total. The number of fused-ring (bicyclic) bond motifs is 1. The first-order valence-corrected chi connectivity index (χ1v) is 9.15. The van der Waals surface area contributed by atoms with Crippen LogP contribution in [0.15, 0.2) is 59.2 Å². The van der Waals surface area contributed by atoms with Crippen molar-refractivity contribution in [3.05, 3.63) is 66.1 Å². The number of carbonyl (C=O) groups is 1. The number of amides is 1. The van der Waals surface area contributed by atoms with Crippen molar-refractivity contribution < 1.29 is 9.21 Å². The molecule has 0 aliphatic rings. The zero-order valence-corrected chi connectivity index (χ0v) is 16.4. The number of furan rings is 1. The van der Waals surface area contributed by atoms with Crippen molar-refractivity contribution in [3.8, 4) is 11.5 Å². The van der Waals surface area contributed by atoms with E-state index in [1.165, 1.54) is 0 Å². The van der Waals surface area contributed by atoms with Crippen molar-refractivity contribution in [2.75, 3.05) is 5.32 Å². The van der Waals surface area contributed by atoms with Gasteiger partial charge in [-0.05, 0) is 52.0 Å². The number of carbonyl (C=O) groups excluding carboxylic acids is 1. The Kier molecular flexibility index (Phi) is 4.26. The second-order valence-electron chi connectivity index (χ2n) is 7.76. The van der Waals surface area contributed by atoms with Crippen molar-refractivity contribution >= 4 is 22.6 Å². The van der Waals surface area contributed by atoms with Crippen molar-refractivity contribution in [1.29, 1.82) is 0 Å². The van der Waals surface area contributed by atoms with Gasteiger partial charge in [-0.25, -0.2) is 9.67 Å². The summed E-state index contributed by atoms with van der Waals surface area (Å²) in [6.07, 6.45) is 1.59. The summed E-state index contributed by atoms with van der Waals surface area (Å²) in [7, 11) is 0. The van der Waals surface area contributed by atoms with Gasteiger partial charge in [-0.2, -0.15) is 5.10 Å². The zero-order chi connectivity index (χ0) is 19.9. The van der Waals surface area contributed by atoms with E-state index in [1.54, 1.807) is 18.4 Å². The SMILES string of the molecule is Cc1cc(NC(=O)c2cc(-c3ccco3)nc3ccccc23)n(C(C)(C)C)n1. The van der Waals surface area contributed by atoms with Crippen LogP contribution in [0.3, 0.4) is 0 Å². The maximum atomic E-state index is 13.2. The number of aromatic nitrogens is 3. The largest absolute Gasteiger partial charge is 0.463 e. The molecule has 3 aromatic heterocycles. The molecule has 4 rings (SSSR count). The second kappa shape index (κ2) is 6.64. The molecule has 4 aromatic rings. The number of nitrogens with one attached hydrogen (secondary N) is 1. The minimum atomic E-state index is -0.253. The van der Waals surface area contributed by atoms with Gasteiger partial charge < -0.3 is 9.73 Å². The molecule has 0 saturated carbocycles. The standard InChI is InChI=1S/C22H22N4O2/c1-14-12-20(26(25-14)22(2,3)4)24-21(27)16-13-18(19-10-7-11-28-19)23-17-9-6-5-8-15(16)17/h5-13H,1-4H3,(H,24,27). The summed E-state index contributed by atoms with van der Waals surface area (Å²) >= 11 is 0. The fraction of sp³-hybridized carbons (Fsp3) is 0.227. The molecule has 0 unspecified atom stereocenters. The minimum absolute atomic E-state index is 0.211. The lowest BCUT2D eigenvalue weighted by atomic mass is 10.1. The van der Waals surface area contributed by atoms with E-state index in [9.17, 15) is 4.79 Å². The lowest BCUT2D eigenvalue weighted by Gasteiger charge is -2.22. The van der Waals surface area contributed by atoms with Crippen LogP contribution in [-0.4, -0.2) is 20.7 Å². The Morgan fingerprint density at radius 2 is 1.89 bits per heavy atom. The lowest BCUT2D eigenvalue weighted by molar-refractivity contribution is 0.102. The summed E-state index contributed by atoms with van der Waals surface area (Å²) in [5.74, 6) is 1.07. The van der Waals surface area contributed by atoms with Crippen LogP contribution in [0, 0.1) is 6.92 Å². The number of hydrogen-bond donors (Lipinski definition) is 1. The molecular weight excluding hydrogens is 352 g/mol. The van der Waals surface area contributed by atoms with Crippen molar-refractivity contribution in [3.63, 3.8) is 0 Å². The lowest BCUT2D eigenvalue weighted by Crippen LogP contribution is -2.27. The fourth-order valence-corrected chi connectivity index (χ4v) is 3.20. The molecule has 0 fully saturated rings. The number of hydrogen-bond acceptors (Lipinski definition) is 4. The average molecular weight is 374 g/mol. The van der Waals surface area contributed by atoms with E-state index < -0.39 is 0 Å². The quantitative estimate of drug-likeness (QED) is 0.547. The smallest absolute Gasteiger partial charge is 0.257 e. The number of rotatable bonds is 3. The van der Waals surface area contributed by atoms with Crippen LogP contribution in [-0.2, 0) is 5.54 Å². The number of para-hydroxylation sites is 1. The Labute approximate surface area is 163 Å². The molecule has 0 aliphatic carbocycles. The van der Waals surface area contributed by atoms with Crippen LogP contribution >= 0.6 is 0 Å². The predicted molar refractivity (Wildman–Crippen MR) is 109 cm³/mol. The molecule has 28 heavy (non-hydrogen) atoms. The van der Waals surface area contributed by atoms with Gasteiger partial charge in [-0.15, -0.1) is 0 Å². The third-order valence-electron chi connectivity index (χ3n) is 4.44. The molecule has 6 heteroatoms. The van der Waals surface area contributed by atoms with Gasteiger partial charge in [0.1, 0.15) is 11.5 Å². The van der Waals surface area contributed by atoms with E-state index in [1.807, 2.05) is 68.8 Å². The van der Waals surface area contributed by atoms with E-state index in [4.69, 9.17) is 4.42 Å². The Balaban J connectivity index is 1.80. The van der Waals surface area contributed by atoms with Gasteiger partial charge in [0.2, 0.25) is 0 Å². The van der Waals surface area contributed by atoms with Gasteiger partial charge in [-0.1, -0.05) is 18.2 Å². The molecule has 0 bridgehead atoms. The van der Waals surface area contributed by atoms with Crippen molar-refractivity contribution in [2.45, 2.75) is 33.2 Å². The summed E-state index contributed by atoms with van der Waals surface area (Å²) in [6.45, 7) is 8.05. The maximum Gasteiger partial charge on any atom is 0.257 e. The van der Waals surface area contributed by atoms with Gasteiger partial charge in [0, 0.05) is 11.5 Å². The van der Waals surface area contributed by atoms with Gasteiger partial charge in [-0.3, -0.25) is 4.79 Å². The number of benzene rings is 1. The predicted octanol–water partition coefficient (Wildman–Crippen LogP) is 5.01. The van der Waals surface area contributed by atoms with E-state index in [-0.39, 0.29) is 11.4 Å².